The van der Waals surface area contributed by atoms with Crippen LogP contribution in [0.15, 0.2) is 12.7 Å². The average Bonchev–Trinajstić information content (AvgIpc) is 2.99. The second-order valence-electron chi connectivity index (χ2n) is 12.2. The number of alkyl halides is 1. The molecule has 0 aromatic rings. The Labute approximate surface area is 263 Å². The molecule has 0 aromatic carbocycles. The Morgan fingerprint density at radius 1 is 0.571 bits per heavy atom. The summed E-state index contributed by atoms with van der Waals surface area (Å²) in [5.41, 5.74) is 3.04. The lowest BCUT2D eigenvalue weighted by atomic mass is 10.0. The van der Waals surface area contributed by atoms with Gasteiger partial charge in [-0.2, -0.15) is 8.42 Å². The quantitative estimate of drug-likeness (QED) is 0.0451. The molecule has 0 saturated heterocycles. The number of hydrogen-bond donors (Lipinski definition) is 1. The fourth-order valence-electron chi connectivity index (χ4n) is 5.19. The smallest absolute Gasteiger partial charge is 0.299 e. The minimum absolute atomic E-state index is 0.0668. The Kier molecular flexibility index (Phi) is 38.2. The van der Waals surface area contributed by atoms with Gasteiger partial charge in [-0.1, -0.05) is 187 Å². The summed E-state index contributed by atoms with van der Waals surface area (Å²) in [6.45, 7) is 8.56. The molecule has 2 N–H and O–H groups in total. The lowest BCUT2D eigenvalue weighted by Gasteiger charge is -2.10. The van der Waals surface area contributed by atoms with Crippen molar-refractivity contribution >= 4 is 10.1 Å². The molecule has 1 atom stereocenters. The standard InChI is InChI=1S/C33H67FO3S.C3H7N/c1-3-5-7-9-11-13-14-15-16-17-18-19-20-21-22-24-26-28-30-32-37-38(35,36)33(34)31-29-27-25-23-12-10-8-6-4-2;1-2-3-4/h33H,3-32H2,1-2H3;2H,1,3-4H2. The highest BCUT2D eigenvalue weighted by atomic mass is 32.2. The first-order chi connectivity index (χ1) is 20.5. The molecular formula is C36H74FNO3S. The van der Waals surface area contributed by atoms with Gasteiger partial charge in [0.05, 0.1) is 6.61 Å². The van der Waals surface area contributed by atoms with Crippen molar-refractivity contribution in [3.05, 3.63) is 12.7 Å². The van der Waals surface area contributed by atoms with Crippen LogP contribution in [0.2, 0.25) is 0 Å². The highest BCUT2D eigenvalue weighted by Crippen LogP contribution is 2.18. The fourth-order valence-corrected chi connectivity index (χ4v) is 6.14. The predicted octanol–water partition coefficient (Wildman–Crippen LogP) is 12.1. The van der Waals surface area contributed by atoms with E-state index < -0.39 is 15.6 Å². The van der Waals surface area contributed by atoms with Gasteiger partial charge >= 0.3 is 0 Å². The summed E-state index contributed by atoms with van der Waals surface area (Å²) < 4.78 is 43.1. The Morgan fingerprint density at radius 3 is 1.12 bits per heavy atom. The SMILES string of the molecule is C=CCN.CCCCCCCCCCCCCCCCCCCCCOS(=O)(=O)C(F)CCCCCCCCCCC. The van der Waals surface area contributed by atoms with Crippen molar-refractivity contribution in [1.29, 1.82) is 0 Å². The summed E-state index contributed by atoms with van der Waals surface area (Å²) in [5, 5.41) is 0. The molecule has 6 heteroatoms. The second-order valence-corrected chi connectivity index (χ2v) is 14.0. The van der Waals surface area contributed by atoms with Crippen molar-refractivity contribution in [2.24, 2.45) is 5.73 Å². The van der Waals surface area contributed by atoms with E-state index >= 15 is 0 Å². The Morgan fingerprint density at radius 2 is 0.833 bits per heavy atom. The van der Waals surface area contributed by atoms with Crippen LogP contribution in [-0.2, 0) is 14.3 Å². The van der Waals surface area contributed by atoms with E-state index in [2.05, 4.69) is 20.4 Å². The molecule has 1 unspecified atom stereocenters. The monoisotopic (exact) mass is 620 g/mol. The highest BCUT2D eigenvalue weighted by Gasteiger charge is 2.25. The van der Waals surface area contributed by atoms with Gasteiger partial charge in [0, 0.05) is 6.54 Å². The van der Waals surface area contributed by atoms with Gasteiger partial charge in [-0.15, -0.1) is 6.58 Å². The van der Waals surface area contributed by atoms with Gasteiger partial charge in [0.15, 0.2) is 0 Å². The van der Waals surface area contributed by atoms with Crippen molar-refractivity contribution in [3.63, 3.8) is 0 Å². The molecule has 42 heavy (non-hydrogen) atoms. The molecule has 0 radical (unpaired) electrons. The largest absolute Gasteiger partial charge is 0.327 e. The number of rotatable bonds is 33. The van der Waals surface area contributed by atoms with Gasteiger partial charge in [-0.05, 0) is 19.3 Å². The van der Waals surface area contributed by atoms with Crippen molar-refractivity contribution in [2.75, 3.05) is 13.2 Å². The summed E-state index contributed by atoms with van der Waals surface area (Å²) in [6, 6.07) is 0. The zero-order chi connectivity index (χ0) is 31.4. The van der Waals surface area contributed by atoms with E-state index in [1.54, 1.807) is 6.08 Å². The minimum atomic E-state index is -4.06. The summed E-state index contributed by atoms with van der Waals surface area (Å²) >= 11 is 0. The van der Waals surface area contributed by atoms with Gasteiger partial charge in [0.25, 0.3) is 10.1 Å². The number of nitrogens with two attached hydrogens (primary N) is 1. The van der Waals surface area contributed by atoms with E-state index in [0.717, 1.165) is 25.7 Å². The summed E-state index contributed by atoms with van der Waals surface area (Å²) in [6.07, 6.45) is 36.6. The van der Waals surface area contributed by atoms with E-state index in [1.807, 2.05) is 0 Å². The topological polar surface area (TPSA) is 69.4 Å². The molecule has 0 aliphatic carbocycles. The van der Waals surface area contributed by atoms with Gasteiger partial charge in [0.2, 0.25) is 5.50 Å². The zero-order valence-electron chi connectivity index (χ0n) is 28.4. The Hall–Kier alpha value is -0.460. The minimum Gasteiger partial charge on any atom is -0.327 e. The predicted molar refractivity (Wildman–Crippen MR) is 184 cm³/mol. The van der Waals surface area contributed by atoms with Crippen LogP contribution in [-0.4, -0.2) is 27.1 Å². The molecule has 0 bridgehead atoms. The molecule has 254 valence electrons. The molecule has 0 amide bonds. The maximum absolute atomic E-state index is 14.1. The van der Waals surface area contributed by atoms with Crippen molar-refractivity contribution in [1.82, 2.24) is 0 Å². The lowest BCUT2D eigenvalue weighted by molar-refractivity contribution is 0.270. The molecule has 0 rings (SSSR count). The first kappa shape index (κ1) is 43.7. The van der Waals surface area contributed by atoms with Crippen LogP contribution in [0.3, 0.4) is 0 Å². The van der Waals surface area contributed by atoms with Crippen molar-refractivity contribution in [3.8, 4) is 0 Å². The first-order valence-electron chi connectivity index (χ1n) is 18.3. The molecule has 0 fully saturated rings. The Bertz CT molecular complexity index is 615. The van der Waals surface area contributed by atoms with Gasteiger partial charge in [0.1, 0.15) is 0 Å². The molecule has 0 aliphatic heterocycles. The third-order valence-corrected chi connectivity index (χ3v) is 9.37. The maximum Gasteiger partial charge on any atom is 0.299 e. The van der Waals surface area contributed by atoms with Crippen LogP contribution >= 0.6 is 0 Å². The average molecular weight is 620 g/mol. The fraction of sp³-hybridized carbons (Fsp3) is 0.944. The maximum atomic E-state index is 14.1. The van der Waals surface area contributed by atoms with Crippen molar-refractivity contribution in [2.45, 2.75) is 206 Å². The van der Waals surface area contributed by atoms with Crippen LogP contribution in [0.25, 0.3) is 0 Å². The van der Waals surface area contributed by atoms with E-state index in [4.69, 9.17) is 9.92 Å². The summed E-state index contributed by atoms with van der Waals surface area (Å²) in [5.74, 6) is 0. The lowest BCUT2D eigenvalue weighted by Crippen LogP contribution is -2.19. The van der Waals surface area contributed by atoms with Gasteiger partial charge in [-0.3, -0.25) is 4.18 Å². The number of halogens is 1. The van der Waals surface area contributed by atoms with E-state index in [-0.39, 0.29) is 13.0 Å². The van der Waals surface area contributed by atoms with Crippen LogP contribution in [0.1, 0.15) is 200 Å². The van der Waals surface area contributed by atoms with Crippen LogP contribution in [0.5, 0.6) is 0 Å². The summed E-state index contributed by atoms with van der Waals surface area (Å²) in [4.78, 5) is 0. The number of hydrogen-bond acceptors (Lipinski definition) is 4. The van der Waals surface area contributed by atoms with E-state index in [0.29, 0.717) is 19.4 Å². The molecule has 0 aromatic heterocycles. The molecule has 4 nitrogen and oxygen atoms in total. The van der Waals surface area contributed by atoms with Crippen LogP contribution in [0, 0.1) is 0 Å². The second kappa shape index (κ2) is 36.7. The zero-order valence-corrected chi connectivity index (χ0v) is 29.2. The van der Waals surface area contributed by atoms with E-state index in [1.165, 1.54) is 141 Å². The van der Waals surface area contributed by atoms with E-state index in [9.17, 15) is 12.8 Å². The van der Waals surface area contributed by atoms with Gasteiger partial charge < -0.3 is 5.73 Å². The third kappa shape index (κ3) is 35.7. The third-order valence-electron chi connectivity index (χ3n) is 8.01. The van der Waals surface area contributed by atoms with Crippen LogP contribution in [0.4, 0.5) is 4.39 Å². The Balaban J connectivity index is 0. The highest BCUT2D eigenvalue weighted by molar-refractivity contribution is 7.87. The molecule has 0 heterocycles. The van der Waals surface area contributed by atoms with Crippen molar-refractivity contribution < 1.29 is 17.0 Å². The normalized spacial score (nSPS) is 12.2. The molecular weight excluding hydrogens is 545 g/mol. The first-order valence-corrected chi connectivity index (χ1v) is 19.8. The summed E-state index contributed by atoms with van der Waals surface area (Å²) in [7, 11) is -4.06. The van der Waals surface area contributed by atoms with Gasteiger partial charge in [-0.25, -0.2) is 4.39 Å². The molecule has 0 aliphatic rings. The molecule has 0 saturated carbocycles. The number of unbranched alkanes of at least 4 members (excludes halogenated alkanes) is 26. The van der Waals surface area contributed by atoms with Crippen LogP contribution < -0.4 is 5.73 Å². The molecule has 0 spiro atoms.